The van der Waals surface area contributed by atoms with Gasteiger partial charge in [0.2, 0.25) is 5.91 Å². The van der Waals surface area contributed by atoms with Crippen LogP contribution in [0, 0.1) is 5.41 Å². The monoisotopic (exact) mass is 504 g/mol. The highest BCUT2D eigenvalue weighted by Crippen LogP contribution is 2.40. The van der Waals surface area contributed by atoms with Gasteiger partial charge in [0.15, 0.2) is 0 Å². The predicted molar refractivity (Wildman–Crippen MR) is 145 cm³/mol. The topological polar surface area (TPSA) is 170 Å². The molecule has 8 N–H and O–H groups in total. The van der Waals surface area contributed by atoms with E-state index in [2.05, 4.69) is 22.2 Å². The minimum absolute atomic E-state index is 0.0432. The molecule has 0 aliphatic heterocycles. The summed E-state index contributed by atoms with van der Waals surface area (Å²) < 4.78 is 0. The zero-order valence-electron chi connectivity index (χ0n) is 21.5. The Labute approximate surface area is 216 Å². The average molecular weight is 505 g/mol. The largest absolute Gasteiger partial charge is 0.396 e. The van der Waals surface area contributed by atoms with Crippen molar-refractivity contribution in [3.63, 3.8) is 0 Å². The van der Waals surface area contributed by atoms with E-state index in [0.29, 0.717) is 16.8 Å². The van der Waals surface area contributed by atoms with Crippen molar-refractivity contribution >= 4 is 40.1 Å². The number of imidazole rings is 1. The van der Waals surface area contributed by atoms with Crippen molar-refractivity contribution in [2.75, 3.05) is 11.1 Å². The molecule has 0 saturated heterocycles. The lowest BCUT2D eigenvalue weighted by molar-refractivity contribution is -0.124. The lowest BCUT2D eigenvalue weighted by Gasteiger charge is -2.23. The van der Waals surface area contributed by atoms with Crippen LogP contribution in [0.25, 0.3) is 11.0 Å². The first kappa shape index (κ1) is 26.2. The van der Waals surface area contributed by atoms with Crippen LogP contribution in [0.3, 0.4) is 0 Å². The second-order valence-electron chi connectivity index (χ2n) is 10.8. The van der Waals surface area contributed by atoms with Gasteiger partial charge in [-0.15, -0.1) is 0 Å². The molecule has 2 fully saturated rings. The average Bonchev–Trinajstić information content (AvgIpc) is 3.61. The van der Waals surface area contributed by atoms with Gasteiger partial charge in [-0.3, -0.25) is 14.4 Å². The summed E-state index contributed by atoms with van der Waals surface area (Å²) in [5.74, 6) is -0.0714. The lowest BCUT2D eigenvalue weighted by Crippen LogP contribution is -2.31. The molecule has 3 aromatic rings. The molecule has 9 heteroatoms. The number of nitrogen functional groups attached to an aromatic ring is 1. The van der Waals surface area contributed by atoms with Crippen LogP contribution in [-0.4, -0.2) is 27.7 Å². The van der Waals surface area contributed by atoms with Crippen molar-refractivity contribution < 1.29 is 14.4 Å². The Morgan fingerprint density at radius 2 is 1.43 bits per heavy atom. The Kier molecular flexibility index (Phi) is 7.25. The maximum Gasteiger partial charge on any atom is 0.250 e. The number of hydrogen-bond donors (Lipinski definition) is 5. The van der Waals surface area contributed by atoms with E-state index in [4.69, 9.17) is 17.2 Å². The van der Waals surface area contributed by atoms with E-state index in [0.717, 1.165) is 49.9 Å². The number of aromatic nitrogens is 2. The number of nitrogens with two attached hydrogens (primary N) is 3. The molecule has 0 atom stereocenters. The molecule has 9 nitrogen and oxygen atoms in total. The maximum atomic E-state index is 12.3. The van der Waals surface area contributed by atoms with Gasteiger partial charge >= 0.3 is 0 Å². The van der Waals surface area contributed by atoms with Crippen molar-refractivity contribution in [3.8, 4) is 0 Å². The number of nitrogens with one attached hydrogen (secondary N) is 2. The third-order valence-corrected chi connectivity index (χ3v) is 7.93. The number of nitrogens with zero attached hydrogens (tertiary/aromatic N) is 1. The zero-order valence-corrected chi connectivity index (χ0v) is 21.5. The lowest BCUT2D eigenvalue weighted by atomic mass is 9.87. The fraction of sp³-hybridized carbons (Fsp3) is 0.429. The summed E-state index contributed by atoms with van der Waals surface area (Å²) in [7, 11) is 0. The van der Waals surface area contributed by atoms with Crippen LogP contribution < -0.4 is 22.5 Å². The number of H-pyrrole nitrogens is 1. The summed E-state index contributed by atoms with van der Waals surface area (Å²) in [5.41, 5.74) is 19.3. The molecule has 0 bridgehead atoms. The van der Waals surface area contributed by atoms with Gasteiger partial charge in [0, 0.05) is 10.8 Å². The number of amides is 3. The number of anilines is 2. The third-order valence-electron chi connectivity index (χ3n) is 7.93. The van der Waals surface area contributed by atoms with Crippen molar-refractivity contribution in [2.45, 2.75) is 70.6 Å². The summed E-state index contributed by atoms with van der Waals surface area (Å²) in [6, 6.07) is 10.4. The number of carbonyl (C=O) groups is 3. The molecule has 2 aromatic carbocycles. The van der Waals surface area contributed by atoms with E-state index in [1.54, 1.807) is 24.3 Å². The number of primary amides is 2. The molecule has 1 heterocycles. The van der Waals surface area contributed by atoms with Gasteiger partial charge in [-0.25, -0.2) is 4.98 Å². The molecule has 2 saturated carbocycles. The molecule has 2 aliphatic rings. The summed E-state index contributed by atoms with van der Waals surface area (Å²) in [6.45, 7) is 4.20. The minimum Gasteiger partial charge on any atom is -0.396 e. The smallest absolute Gasteiger partial charge is 0.250 e. The van der Waals surface area contributed by atoms with Gasteiger partial charge in [-0.2, -0.15) is 0 Å². The predicted octanol–water partition coefficient (Wildman–Crippen LogP) is 4.38. The number of benzene rings is 2. The van der Waals surface area contributed by atoms with Crippen LogP contribution in [-0.2, 0) is 10.2 Å². The van der Waals surface area contributed by atoms with Gasteiger partial charge in [-0.05, 0) is 49.9 Å². The number of carbonyl (C=O) groups excluding carboxylic acids is 3. The molecule has 0 radical (unpaired) electrons. The number of aromatic amines is 1. The molecule has 5 rings (SSSR count). The Bertz CT molecular complexity index is 1330. The van der Waals surface area contributed by atoms with Crippen LogP contribution >= 0.6 is 0 Å². The van der Waals surface area contributed by atoms with E-state index >= 15 is 0 Å². The van der Waals surface area contributed by atoms with Gasteiger partial charge in [-0.1, -0.05) is 51.7 Å². The minimum atomic E-state index is -0.597. The normalized spacial score (nSPS) is 17.7. The van der Waals surface area contributed by atoms with Crippen molar-refractivity contribution in [1.82, 2.24) is 9.97 Å². The van der Waals surface area contributed by atoms with Crippen LogP contribution in [0.2, 0.25) is 0 Å². The summed E-state index contributed by atoms with van der Waals surface area (Å²) >= 11 is 0. The molecule has 0 spiro atoms. The van der Waals surface area contributed by atoms with Crippen LogP contribution in [0.15, 0.2) is 36.4 Å². The molecular formula is C28H36N6O3. The second kappa shape index (κ2) is 10.2. The molecule has 196 valence electrons. The molecule has 2 aliphatic carbocycles. The standard InChI is InChI=1S/C14H19N3O2.C14H17N3O/c1-14(7-2-3-8-14)13(19)17-10-6-4-5-9(11(10)15)12(16)18;1-14(7-2-3-8-14)13-16-10-6-4-5-9(12(15)18)11(10)17-13/h4-6H,2-3,7-8,15H2,1H3,(H2,16,18)(H,17,19);4-6H,2-3,7-8H2,1H3,(H2,15,18)(H,16,17). The summed E-state index contributed by atoms with van der Waals surface area (Å²) in [6.07, 6.45) is 8.70. The molecule has 0 unspecified atom stereocenters. The molecular weight excluding hydrogens is 468 g/mol. The molecule has 1 aromatic heterocycles. The Morgan fingerprint density at radius 1 is 0.865 bits per heavy atom. The molecule has 37 heavy (non-hydrogen) atoms. The van der Waals surface area contributed by atoms with E-state index in [9.17, 15) is 14.4 Å². The van der Waals surface area contributed by atoms with Gasteiger partial charge < -0.3 is 27.5 Å². The van der Waals surface area contributed by atoms with Gasteiger partial charge in [0.05, 0.1) is 28.0 Å². The van der Waals surface area contributed by atoms with Crippen molar-refractivity contribution in [2.24, 2.45) is 16.9 Å². The fourth-order valence-electron chi connectivity index (χ4n) is 5.45. The van der Waals surface area contributed by atoms with Crippen LogP contribution in [0.5, 0.6) is 0 Å². The quantitative estimate of drug-likeness (QED) is 0.324. The van der Waals surface area contributed by atoms with Gasteiger partial charge in [0.1, 0.15) is 11.3 Å². The second-order valence-corrected chi connectivity index (χ2v) is 10.8. The first-order valence-electron chi connectivity index (χ1n) is 12.8. The first-order chi connectivity index (χ1) is 17.5. The number of rotatable bonds is 5. The van der Waals surface area contributed by atoms with Crippen molar-refractivity contribution in [1.29, 1.82) is 0 Å². The van der Waals surface area contributed by atoms with Gasteiger partial charge in [0.25, 0.3) is 11.8 Å². The van der Waals surface area contributed by atoms with Crippen molar-refractivity contribution in [3.05, 3.63) is 53.3 Å². The van der Waals surface area contributed by atoms with E-state index in [1.165, 1.54) is 12.8 Å². The van der Waals surface area contributed by atoms with Crippen LogP contribution in [0.1, 0.15) is 91.8 Å². The number of hydrogen-bond acceptors (Lipinski definition) is 5. The highest BCUT2D eigenvalue weighted by Gasteiger charge is 2.36. The third kappa shape index (κ3) is 5.30. The summed E-state index contributed by atoms with van der Waals surface area (Å²) in [5, 5.41) is 2.82. The Hall–Kier alpha value is -3.88. The Morgan fingerprint density at radius 3 is 2.05 bits per heavy atom. The van der Waals surface area contributed by atoms with E-state index < -0.39 is 11.8 Å². The highest BCUT2D eigenvalue weighted by molar-refractivity contribution is 6.05. The fourth-order valence-corrected chi connectivity index (χ4v) is 5.45. The number of fused-ring (bicyclic) bond motifs is 1. The first-order valence-corrected chi connectivity index (χ1v) is 12.8. The zero-order chi connectivity index (χ0) is 26.8. The molecule has 3 amide bonds. The van der Waals surface area contributed by atoms with Crippen LogP contribution in [0.4, 0.5) is 11.4 Å². The van der Waals surface area contributed by atoms with E-state index in [1.807, 2.05) is 19.1 Å². The number of para-hydroxylation sites is 2. The Balaban J connectivity index is 0.000000173. The highest BCUT2D eigenvalue weighted by atomic mass is 16.2. The SMILES string of the molecule is CC1(C(=O)Nc2cccc(C(N)=O)c2N)CCCC1.CC1(c2nc3c(C(N)=O)cccc3[nH]2)CCCC1. The van der Waals surface area contributed by atoms with E-state index in [-0.39, 0.29) is 28.0 Å². The maximum absolute atomic E-state index is 12.3. The summed E-state index contributed by atoms with van der Waals surface area (Å²) in [4.78, 5) is 42.9.